The number of ether oxygens (including phenoxy) is 1. The van der Waals surface area contributed by atoms with Crippen LogP contribution < -0.4 is 0 Å². The maximum atomic E-state index is 10.8. The third-order valence-corrected chi connectivity index (χ3v) is 1.45. The zero-order valence-corrected chi connectivity index (χ0v) is 6.22. The third kappa shape index (κ3) is 1.87. The molecule has 1 aliphatic rings. The summed E-state index contributed by atoms with van der Waals surface area (Å²) in [6, 6.07) is 0. The minimum absolute atomic E-state index is 0.203. The molecule has 10 heavy (non-hydrogen) atoms. The maximum absolute atomic E-state index is 10.8. The summed E-state index contributed by atoms with van der Waals surface area (Å²) < 4.78 is 5.23. The Morgan fingerprint density at radius 3 is 3.10 bits per heavy atom. The van der Waals surface area contributed by atoms with Crippen molar-refractivity contribution in [3.05, 3.63) is 11.8 Å². The number of carbonyl (C=O) groups excluding carboxylic acids is 1. The second kappa shape index (κ2) is 3.40. The minimum Gasteiger partial charge on any atom is -0.497 e. The lowest BCUT2D eigenvalue weighted by molar-refractivity contribution is -0.116. The summed E-state index contributed by atoms with van der Waals surface area (Å²) in [5.74, 6) is 1.06. The maximum Gasteiger partial charge on any atom is 0.162 e. The summed E-state index contributed by atoms with van der Waals surface area (Å²) in [4.78, 5) is 10.8. The van der Waals surface area contributed by atoms with Gasteiger partial charge in [0.25, 0.3) is 0 Å². The van der Waals surface area contributed by atoms with E-state index in [2.05, 4.69) is 6.92 Å². The topological polar surface area (TPSA) is 26.3 Å². The molecule has 0 saturated carbocycles. The SMILES string of the molecule is CCCC1=CC(=O)CCO1. The predicted octanol–water partition coefficient (Wildman–Crippen LogP) is 1.66. The van der Waals surface area contributed by atoms with Crippen LogP contribution in [-0.2, 0) is 9.53 Å². The molecule has 56 valence electrons. The first-order chi connectivity index (χ1) is 4.83. The molecule has 2 heteroatoms. The number of rotatable bonds is 2. The van der Waals surface area contributed by atoms with E-state index in [0.29, 0.717) is 13.0 Å². The molecule has 0 atom stereocenters. The van der Waals surface area contributed by atoms with Crippen molar-refractivity contribution in [2.24, 2.45) is 0 Å². The van der Waals surface area contributed by atoms with Crippen molar-refractivity contribution >= 4 is 5.78 Å². The molecule has 0 amide bonds. The highest BCUT2D eigenvalue weighted by Gasteiger charge is 2.08. The van der Waals surface area contributed by atoms with Crippen molar-refractivity contribution in [1.29, 1.82) is 0 Å². The molecule has 1 aliphatic heterocycles. The average Bonchev–Trinajstić information content (AvgIpc) is 1.88. The second-order valence-electron chi connectivity index (χ2n) is 2.43. The number of hydrogen-bond acceptors (Lipinski definition) is 2. The van der Waals surface area contributed by atoms with Crippen molar-refractivity contribution in [2.75, 3.05) is 6.61 Å². The highest BCUT2D eigenvalue weighted by molar-refractivity contribution is 5.90. The average molecular weight is 140 g/mol. The van der Waals surface area contributed by atoms with Gasteiger partial charge < -0.3 is 4.74 Å². The zero-order chi connectivity index (χ0) is 7.40. The molecule has 0 aromatic rings. The zero-order valence-electron chi connectivity index (χ0n) is 6.22. The van der Waals surface area contributed by atoms with Gasteiger partial charge in [0, 0.05) is 18.9 Å². The lowest BCUT2D eigenvalue weighted by Crippen LogP contribution is -2.09. The van der Waals surface area contributed by atoms with E-state index in [-0.39, 0.29) is 5.78 Å². The van der Waals surface area contributed by atoms with E-state index in [1.165, 1.54) is 0 Å². The molecule has 0 saturated heterocycles. The Morgan fingerprint density at radius 1 is 1.70 bits per heavy atom. The molecule has 0 aromatic carbocycles. The molecule has 1 heterocycles. The summed E-state index contributed by atoms with van der Waals surface area (Å²) in [6.45, 7) is 2.65. The van der Waals surface area contributed by atoms with Crippen molar-refractivity contribution in [3.8, 4) is 0 Å². The van der Waals surface area contributed by atoms with Crippen LogP contribution in [-0.4, -0.2) is 12.4 Å². The number of ketones is 1. The van der Waals surface area contributed by atoms with Gasteiger partial charge >= 0.3 is 0 Å². The molecule has 0 radical (unpaired) electrons. The van der Waals surface area contributed by atoms with Crippen LogP contribution in [0.25, 0.3) is 0 Å². The van der Waals surface area contributed by atoms with Crippen molar-refractivity contribution < 1.29 is 9.53 Å². The molecular weight excluding hydrogens is 128 g/mol. The van der Waals surface area contributed by atoms with Crippen LogP contribution in [0.4, 0.5) is 0 Å². The van der Waals surface area contributed by atoms with Crippen LogP contribution in [0.15, 0.2) is 11.8 Å². The smallest absolute Gasteiger partial charge is 0.162 e. The Hall–Kier alpha value is -0.790. The van der Waals surface area contributed by atoms with Gasteiger partial charge in [0.1, 0.15) is 0 Å². The highest BCUT2D eigenvalue weighted by Crippen LogP contribution is 2.12. The van der Waals surface area contributed by atoms with Crippen LogP contribution >= 0.6 is 0 Å². The molecule has 2 nitrogen and oxygen atoms in total. The highest BCUT2D eigenvalue weighted by atomic mass is 16.5. The Kier molecular flexibility index (Phi) is 2.49. The minimum atomic E-state index is 0.203. The second-order valence-corrected chi connectivity index (χ2v) is 2.43. The van der Waals surface area contributed by atoms with Crippen LogP contribution in [0.2, 0.25) is 0 Å². The lowest BCUT2D eigenvalue weighted by Gasteiger charge is -2.12. The third-order valence-electron chi connectivity index (χ3n) is 1.45. The molecule has 0 aromatic heterocycles. The van der Waals surface area contributed by atoms with Gasteiger partial charge in [-0.05, 0) is 6.42 Å². The Balaban J connectivity index is 2.49. The van der Waals surface area contributed by atoms with Gasteiger partial charge in [-0.25, -0.2) is 0 Å². The van der Waals surface area contributed by atoms with Gasteiger partial charge in [0.05, 0.1) is 12.4 Å². The summed E-state index contributed by atoms with van der Waals surface area (Å²) in [6.07, 6.45) is 4.10. The van der Waals surface area contributed by atoms with Crippen LogP contribution in [0.3, 0.4) is 0 Å². The Morgan fingerprint density at radius 2 is 2.50 bits per heavy atom. The van der Waals surface area contributed by atoms with Gasteiger partial charge in [-0.1, -0.05) is 6.92 Å². The number of allylic oxidation sites excluding steroid dienone is 2. The van der Waals surface area contributed by atoms with Gasteiger partial charge in [-0.2, -0.15) is 0 Å². The molecule has 0 aliphatic carbocycles. The fourth-order valence-corrected chi connectivity index (χ4v) is 0.967. The normalized spacial score (nSPS) is 18.1. The summed E-state index contributed by atoms with van der Waals surface area (Å²) in [7, 11) is 0. The van der Waals surface area contributed by atoms with Gasteiger partial charge in [0.2, 0.25) is 0 Å². The van der Waals surface area contributed by atoms with E-state index in [1.807, 2.05) is 0 Å². The molecule has 0 unspecified atom stereocenters. The van der Waals surface area contributed by atoms with Gasteiger partial charge in [-0.3, -0.25) is 4.79 Å². The van der Waals surface area contributed by atoms with Crippen LogP contribution in [0.1, 0.15) is 26.2 Å². The standard InChI is InChI=1S/C8H12O2/c1-2-3-8-6-7(9)4-5-10-8/h6H,2-5H2,1H3. The van der Waals surface area contributed by atoms with E-state index < -0.39 is 0 Å². The van der Waals surface area contributed by atoms with E-state index in [9.17, 15) is 4.79 Å². The first-order valence-corrected chi connectivity index (χ1v) is 3.69. The van der Waals surface area contributed by atoms with Gasteiger partial charge in [0.15, 0.2) is 5.78 Å². The van der Waals surface area contributed by atoms with Crippen molar-refractivity contribution in [1.82, 2.24) is 0 Å². The summed E-state index contributed by atoms with van der Waals surface area (Å²) in [5, 5.41) is 0. The summed E-state index contributed by atoms with van der Waals surface area (Å²) in [5.41, 5.74) is 0. The fourth-order valence-electron chi connectivity index (χ4n) is 0.967. The van der Waals surface area contributed by atoms with Crippen LogP contribution in [0.5, 0.6) is 0 Å². The summed E-state index contributed by atoms with van der Waals surface area (Å²) >= 11 is 0. The molecule has 0 fully saturated rings. The van der Waals surface area contributed by atoms with Crippen molar-refractivity contribution in [2.45, 2.75) is 26.2 Å². The van der Waals surface area contributed by atoms with E-state index in [0.717, 1.165) is 18.6 Å². The fraction of sp³-hybridized carbons (Fsp3) is 0.625. The van der Waals surface area contributed by atoms with Crippen molar-refractivity contribution in [3.63, 3.8) is 0 Å². The molecule has 1 rings (SSSR count). The van der Waals surface area contributed by atoms with E-state index in [1.54, 1.807) is 6.08 Å². The predicted molar refractivity (Wildman–Crippen MR) is 38.6 cm³/mol. The first kappa shape index (κ1) is 7.32. The van der Waals surface area contributed by atoms with Gasteiger partial charge in [-0.15, -0.1) is 0 Å². The first-order valence-electron chi connectivity index (χ1n) is 3.69. The Labute approximate surface area is 60.9 Å². The largest absolute Gasteiger partial charge is 0.497 e. The molecular formula is C8H12O2. The Bertz CT molecular complexity index is 159. The van der Waals surface area contributed by atoms with E-state index in [4.69, 9.17) is 4.74 Å². The number of hydrogen-bond donors (Lipinski definition) is 0. The molecule has 0 bridgehead atoms. The number of carbonyl (C=O) groups is 1. The monoisotopic (exact) mass is 140 g/mol. The van der Waals surface area contributed by atoms with Crippen LogP contribution in [0, 0.1) is 0 Å². The molecule has 0 spiro atoms. The molecule has 0 N–H and O–H groups in total. The lowest BCUT2D eigenvalue weighted by atomic mass is 10.2. The quantitative estimate of drug-likeness (QED) is 0.583. The van der Waals surface area contributed by atoms with E-state index >= 15 is 0 Å².